The van der Waals surface area contributed by atoms with Crippen LogP contribution in [0.3, 0.4) is 0 Å². The molecular formula is C13H22N4. The predicted molar refractivity (Wildman–Crippen MR) is 70.2 cm³/mol. The van der Waals surface area contributed by atoms with Crippen LogP contribution >= 0.6 is 0 Å². The van der Waals surface area contributed by atoms with E-state index in [1.54, 1.807) is 0 Å². The van der Waals surface area contributed by atoms with Gasteiger partial charge in [0.25, 0.3) is 0 Å². The van der Waals surface area contributed by atoms with Gasteiger partial charge < -0.3 is 4.90 Å². The Bertz CT molecular complexity index is 344. The van der Waals surface area contributed by atoms with E-state index in [0.717, 1.165) is 32.1 Å². The predicted octanol–water partition coefficient (Wildman–Crippen LogP) is 1.79. The van der Waals surface area contributed by atoms with E-state index >= 15 is 0 Å². The smallest absolute Gasteiger partial charge is 0.225 e. The third kappa shape index (κ3) is 3.16. The first kappa shape index (κ1) is 12.3. The second kappa shape index (κ2) is 5.00. The lowest BCUT2D eigenvalue weighted by Crippen LogP contribution is -2.43. The van der Waals surface area contributed by atoms with Gasteiger partial charge in [0.2, 0.25) is 5.95 Å². The van der Waals surface area contributed by atoms with Crippen molar-refractivity contribution in [2.45, 2.75) is 32.7 Å². The molecule has 0 spiro atoms. The molecule has 0 amide bonds. The van der Waals surface area contributed by atoms with Gasteiger partial charge in [0, 0.05) is 44.1 Å². The zero-order valence-electron chi connectivity index (χ0n) is 11.1. The van der Waals surface area contributed by atoms with Gasteiger partial charge in [0.05, 0.1) is 0 Å². The van der Waals surface area contributed by atoms with Crippen molar-refractivity contribution < 1.29 is 0 Å². The van der Waals surface area contributed by atoms with Gasteiger partial charge in [-0.25, -0.2) is 9.97 Å². The van der Waals surface area contributed by atoms with E-state index < -0.39 is 0 Å². The van der Waals surface area contributed by atoms with Crippen LogP contribution in [0.25, 0.3) is 0 Å². The summed E-state index contributed by atoms with van der Waals surface area (Å²) in [5.41, 5.74) is 0.257. The molecule has 0 saturated carbocycles. The minimum Gasteiger partial charge on any atom is -0.339 e. The quantitative estimate of drug-likeness (QED) is 0.741. The van der Waals surface area contributed by atoms with Gasteiger partial charge in [0.1, 0.15) is 0 Å². The summed E-state index contributed by atoms with van der Waals surface area (Å²) in [6, 6.07) is 1.86. The first-order valence-corrected chi connectivity index (χ1v) is 6.34. The Labute approximate surface area is 104 Å². The van der Waals surface area contributed by atoms with E-state index in [0.29, 0.717) is 0 Å². The highest BCUT2D eigenvalue weighted by Gasteiger charge is 2.24. The van der Waals surface area contributed by atoms with Crippen molar-refractivity contribution in [2.24, 2.45) is 0 Å². The molecule has 0 bridgehead atoms. The zero-order chi connectivity index (χ0) is 12.3. The largest absolute Gasteiger partial charge is 0.339 e. The molecule has 0 radical (unpaired) electrons. The summed E-state index contributed by atoms with van der Waals surface area (Å²) in [6.45, 7) is 11.2. The molecule has 0 unspecified atom stereocenters. The monoisotopic (exact) mass is 234 g/mol. The van der Waals surface area contributed by atoms with E-state index in [1.165, 1.54) is 6.42 Å². The van der Waals surface area contributed by atoms with Crippen LogP contribution in [0.15, 0.2) is 18.5 Å². The van der Waals surface area contributed by atoms with Crippen LogP contribution in [0, 0.1) is 0 Å². The summed E-state index contributed by atoms with van der Waals surface area (Å²) in [5, 5.41) is 0. The Balaban J connectivity index is 2.01. The fraction of sp³-hybridized carbons (Fsp3) is 0.692. The van der Waals surface area contributed by atoms with Crippen molar-refractivity contribution in [3.63, 3.8) is 0 Å². The number of rotatable bonds is 1. The molecule has 0 atom stereocenters. The standard InChI is InChI=1S/C13H22N4/c1-13(2,3)17-9-5-8-16(10-11-17)12-14-6-4-7-15-12/h4,6-7H,5,8-11H2,1-3H3. The molecule has 1 fully saturated rings. The SMILES string of the molecule is CC(C)(C)N1CCCN(c2ncccn2)CC1. The molecule has 1 aliphatic heterocycles. The minimum absolute atomic E-state index is 0.257. The molecule has 1 aromatic heterocycles. The summed E-state index contributed by atoms with van der Waals surface area (Å²) >= 11 is 0. The summed E-state index contributed by atoms with van der Waals surface area (Å²) in [6.07, 6.45) is 4.80. The van der Waals surface area contributed by atoms with E-state index in [4.69, 9.17) is 0 Å². The van der Waals surface area contributed by atoms with Crippen LogP contribution in [-0.4, -0.2) is 46.6 Å². The van der Waals surface area contributed by atoms with Gasteiger partial charge >= 0.3 is 0 Å². The van der Waals surface area contributed by atoms with Crippen LogP contribution in [0.4, 0.5) is 5.95 Å². The summed E-state index contributed by atoms with van der Waals surface area (Å²) in [4.78, 5) is 13.5. The van der Waals surface area contributed by atoms with Gasteiger partial charge in [0.15, 0.2) is 0 Å². The van der Waals surface area contributed by atoms with E-state index in [-0.39, 0.29) is 5.54 Å². The molecule has 0 N–H and O–H groups in total. The van der Waals surface area contributed by atoms with Crippen molar-refractivity contribution in [3.05, 3.63) is 18.5 Å². The second-order valence-electron chi connectivity index (χ2n) is 5.55. The molecule has 2 rings (SSSR count). The third-order valence-corrected chi connectivity index (χ3v) is 3.28. The Morgan fingerprint density at radius 3 is 2.35 bits per heavy atom. The average Bonchev–Trinajstić information content (AvgIpc) is 2.55. The summed E-state index contributed by atoms with van der Waals surface area (Å²) in [7, 11) is 0. The molecule has 1 saturated heterocycles. The van der Waals surface area contributed by atoms with Crippen molar-refractivity contribution >= 4 is 5.95 Å². The molecule has 4 heteroatoms. The molecular weight excluding hydrogens is 212 g/mol. The van der Waals surface area contributed by atoms with Crippen LogP contribution < -0.4 is 4.90 Å². The maximum atomic E-state index is 4.33. The average molecular weight is 234 g/mol. The van der Waals surface area contributed by atoms with Crippen LogP contribution in [0.1, 0.15) is 27.2 Å². The van der Waals surface area contributed by atoms with Gasteiger partial charge in [-0.2, -0.15) is 0 Å². The summed E-state index contributed by atoms with van der Waals surface area (Å²) < 4.78 is 0. The maximum absolute atomic E-state index is 4.33. The lowest BCUT2D eigenvalue weighted by molar-refractivity contribution is 0.148. The third-order valence-electron chi connectivity index (χ3n) is 3.28. The van der Waals surface area contributed by atoms with Gasteiger partial charge in [-0.3, -0.25) is 4.90 Å². The van der Waals surface area contributed by atoms with E-state index in [2.05, 4.69) is 40.5 Å². The van der Waals surface area contributed by atoms with Crippen molar-refractivity contribution in [3.8, 4) is 0 Å². The zero-order valence-corrected chi connectivity index (χ0v) is 11.1. The Kier molecular flexibility index (Phi) is 3.62. The molecule has 17 heavy (non-hydrogen) atoms. The van der Waals surface area contributed by atoms with Gasteiger partial charge in [-0.1, -0.05) is 0 Å². The van der Waals surface area contributed by atoms with Gasteiger partial charge in [-0.15, -0.1) is 0 Å². The molecule has 4 nitrogen and oxygen atoms in total. The second-order valence-corrected chi connectivity index (χ2v) is 5.55. The lowest BCUT2D eigenvalue weighted by Gasteiger charge is -2.34. The maximum Gasteiger partial charge on any atom is 0.225 e. The minimum atomic E-state index is 0.257. The number of nitrogens with zero attached hydrogens (tertiary/aromatic N) is 4. The topological polar surface area (TPSA) is 32.3 Å². The Hall–Kier alpha value is -1.16. The molecule has 1 aliphatic rings. The number of hydrogen-bond acceptors (Lipinski definition) is 4. The van der Waals surface area contributed by atoms with Gasteiger partial charge in [-0.05, 0) is 33.3 Å². The molecule has 0 aliphatic carbocycles. The Morgan fingerprint density at radius 2 is 1.71 bits per heavy atom. The van der Waals surface area contributed by atoms with E-state index in [1.807, 2.05) is 18.5 Å². The lowest BCUT2D eigenvalue weighted by atomic mass is 10.1. The van der Waals surface area contributed by atoms with Crippen LogP contribution in [-0.2, 0) is 0 Å². The number of aromatic nitrogens is 2. The summed E-state index contributed by atoms with van der Waals surface area (Å²) in [5.74, 6) is 0.864. The molecule has 1 aromatic rings. The molecule has 94 valence electrons. The van der Waals surface area contributed by atoms with Crippen molar-refractivity contribution in [2.75, 3.05) is 31.1 Å². The first-order valence-electron chi connectivity index (χ1n) is 6.34. The van der Waals surface area contributed by atoms with E-state index in [9.17, 15) is 0 Å². The van der Waals surface area contributed by atoms with Crippen molar-refractivity contribution in [1.29, 1.82) is 0 Å². The number of hydrogen-bond donors (Lipinski definition) is 0. The number of anilines is 1. The fourth-order valence-corrected chi connectivity index (χ4v) is 2.24. The Morgan fingerprint density at radius 1 is 1.00 bits per heavy atom. The highest BCUT2D eigenvalue weighted by molar-refractivity contribution is 5.28. The highest BCUT2D eigenvalue weighted by Crippen LogP contribution is 2.17. The van der Waals surface area contributed by atoms with Crippen LogP contribution in [0.2, 0.25) is 0 Å². The van der Waals surface area contributed by atoms with Crippen LogP contribution in [0.5, 0.6) is 0 Å². The fourth-order valence-electron chi connectivity index (χ4n) is 2.24. The normalized spacial score (nSPS) is 19.1. The molecule has 2 heterocycles. The first-order chi connectivity index (χ1) is 8.07. The highest BCUT2D eigenvalue weighted by atomic mass is 15.3. The molecule has 0 aromatic carbocycles. The van der Waals surface area contributed by atoms with Crippen molar-refractivity contribution in [1.82, 2.24) is 14.9 Å².